The lowest BCUT2D eigenvalue weighted by atomic mass is 10.0. The van der Waals surface area contributed by atoms with Crippen molar-refractivity contribution in [1.29, 1.82) is 0 Å². The summed E-state index contributed by atoms with van der Waals surface area (Å²) in [6.07, 6.45) is 0.723. The fourth-order valence-corrected chi connectivity index (χ4v) is 4.28. The van der Waals surface area contributed by atoms with E-state index in [1.807, 2.05) is 49.6 Å². The number of aromatic nitrogens is 3. The van der Waals surface area contributed by atoms with Crippen LogP contribution in [0.4, 0.5) is 5.82 Å². The van der Waals surface area contributed by atoms with Crippen LogP contribution in [0, 0.1) is 6.92 Å². The van der Waals surface area contributed by atoms with Crippen LogP contribution in [0.3, 0.4) is 0 Å². The van der Waals surface area contributed by atoms with Crippen LogP contribution in [0.2, 0.25) is 5.02 Å². The second kappa shape index (κ2) is 8.38. The Bertz CT molecular complexity index is 1200. The highest BCUT2D eigenvalue weighted by Gasteiger charge is 2.21. The summed E-state index contributed by atoms with van der Waals surface area (Å²) in [5.41, 5.74) is 10.8. The minimum absolute atomic E-state index is 0.0690. The number of nitrogen functional groups attached to an aromatic ring is 1. The van der Waals surface area contributed by atoms with Gasteiger partial charge in [-0.2, -0.15) is 5.10 Å². The third kappa shape index (κ3) is 3.86. The predicted octanol–water partition coefficient (Wildman–Crippen LogP) is 5.59. The summed E-state index contributed by atoms with van der Waals surface area (Å²) in [6.45, 7) is 4.27. The minimum Gasteiger partial charge on any atom is -0.507 e. The van der Waals surface area contributed by atoms with Crippen molar-refractivity contribution < 1.29 is 9.84 Å². The van der Waals surface area contributed by atoms with Gasteiger partial charge in [-0.05, 0) is 31.0 Å². The first-order valence-corrected chi connectivity index (χ1v) is 10.7. The maximum absolute atomic E-state index is 10.8. The van der Waals surface area contributed by atoms with Crippen LogP contribution in [0.25, 0.3) is 21.8 Å². The number of nitrogens with zero attached hydrogens (tertiary/aromatic N) is 2. The van der Waals surface area contributed by atoms with Gasteiger partial charge in [-0.25, -0.2) is 4.98 Å². The second-order valence-corrected chi connectivity index (χ2v) is 8.13. The number of benzene rings is 2. The number of phenols is 1. The lowest BCUT2D eigenvalue weighted by Gasteiger charge is -2.14. The van der Waals surface area contributed by atoms with E-state index in [9.17, 15) is 5.11 Å². The average Bonchev–Trinajstić information content (AvgIpc) is 3.32. The summed E-state index contributed by atoms with van der Waals surface area (Å²) in [5, 5.41) is 21.2. The molecule has 6 nitrogen and oxygen atoms in total. The molecule has 0 aliphatic rings. The number of phenolic OH excluding ortho intramolecular Hbond substituents is 1. The Kier molecular flexibility index (Phi) is 5.65. The molecule has 4 rings (SSSR count). The molecular weight excluding hydrogens is 420 g/mol. The van der Waals surface area contributed by atoms with Gasteiger partial charge < -0.3 is 15.6 Å². The minimum atomic E-state index is 0.0690. The highest BCUT2D eigenvalue weighted by Crippen LogP contribution is 2.42. The predicted molar refractivity (Wildman–Crippen MR) is 121 cm³/mol. The third-order valence-corrected chi connectivity index (χ3v) is 6.14. The van der Waals surface area contributed by atoms with E-state index in [1.165, 1.54) is 11.3 Å². The van der Waals surface area contributed by atoms with Crippen molar-refractivity contribution in [3.63, 3.8) is 0 Å². The molecule has 2 heterocycles. The van der Waals surface area contributed by atoms with E-state index >= 15 is 0 Å². The fourth-order valence-electron chi connectivity index (χ4n) is 3.23. The summed E-state index contributed by atoms with van der Waals surface area (Å²) in [6, 6.07) is 11.1. The summed E-state index contributed by atoms with van der Waals surface area (Å²) in [7, 11) is 0. The number of rotatable bonds is 6. The summed E-state index contributed by atoms with van der Waals surface area (Å²) < 4.78 is 5.98. The Hall–Kier alpha value is -3.03. The van der Waals surface area contributed by atoms with Crippen LogP contribution in [0.5, 0.6) is 11.5 Å². The number of ether oxygens (including phenoxy) is 1. The molecule has 2 aromatic heterocycles. The Balaban J connectivity index is 1.71. The molecule has 0 aliphatic heterocycles. The van der Waals surface area contributed by atoms with Crippen LogP contribution in [-0.2, 0) is 13.0 Å². The van der Waals surface area contributed by atoms with Gasteiger partial charge in [0, 0.05) is 33.3 Å². The molecule has 0 amide bonds. The van der Waals surface area contributed by atoms with E-state index in [-0.39, 0.29) is 5.75 Å². The topological polar surface area (TPSA) is 97.1 Å². The van der Waals surface area contributed by atoms with Crippen LogP contribution < -0.4 is 10.5 Å². The number of hydrogen-bond acceptors (Lipinski definition) is 6. The molecule has 0 fully saturated rings. The molecule has 4 N–H and O–H groups in total. The van der Waals surface area contributed by atoms with Gasteiger partial charge in [-0.15, -0.1) is 11.3 Å². The van der Waals surface area contributed by atoms with Gasteiger partial charge in [0.05, 0.1) is 11.3 Å². The second-order valence-electron chi connectivity index (χ2n) is 6.86. The molecule has 30 heavy (non-hydrogen) atoms. The first-order chi connectivity index (χ1) is 14.5. The molecule has 0 spiro atoms. The molecule has 0 unspecified atom stereocenters. The van der Waals surface area contributed by atoms with Crippen LogP contribution >= 0.6 is 22.9 Å². The third-order valence-electron chi connectivity index (χ3n) is 4.80. The zero-order chi connectivity index (χ0) is 21.3. The van der Waals surface area contributed by atoms with E-state index < -0.39 is 0 Å². The highest BCUT2D eigenvalue weighted by atomic mass is 35.5. The number of nitrogens with one attached hydrogen (secondary N) is 1. The number of aryl methyl sites for hydroxylation is 2. The summed E-state index contributed by atoms with van der Waals surface area (Å²) in [4.78, 5) is 4.52. The molecule has 4 aromatic rings. The standard InChI is InChI=1S/C22H21ClN4O2S/c1-3-13-8-15(20-19(21(24)27-26-20)22-25-12(2)11-30-22)17(28)9-18(13)29-10-14-6-4-5-7-16(14)23/h4-9,11,28H,3,10H2,1-2H3,(H3,24,26,27). The quantitative estimate of drug-likeness (QED) is 0.363. The van der Waals surface area contributed by atoms with E-state index in [0.29, 0.717) is 40.0 Å². The number of anilines is 1. The van der Waals surface area contributed by atoms with Crippen LogP contribution in [0.1, 0.15) is 23.7 Å². The number of nitrogens with two attached hydrogens (primary N) is 1. The molecule has 0 aliphatic carbocycles. The molecule has 154 valence electrons. The number of aromatic amines is 1. The molecule has 0 bridgehead atoms. The van der Waals surface area contributed by atoms with E-state index in [2.05, 4.69) is 15.2 Å². The van der Waals surface area contributed by atoms with Gasteiger partial charge in [0.2, 0.25) is 0 Å². The van der Waals surface area contributed by atoms with E-state index in [4.69, 9.17) is 22.1 Å². The number of aromatic hydroxyl groups is 1. The Labute approximate surface area is 183 Å². The van der Waals surface area contributed by atoms with Gasteiger partial charge in [0.25, 0.3) is 0 Å². The monoisotopic (exact) mass is 440 g/mol. The zero-order valence-electron chi connectivity index (χ0n) is 16.6. The van der Waals surface area contributed by atoms with E-state index in [1.54, 1.807) is 6.07 Å². The zero-order valence-corrected chi connectivity index (χ0v) is 18.1. The molecule has 2 aromatic carbocycles. The highest BCUT2D eigenvalue weighted by molar-refractivity contribution is 7.13. The normalized spacial score (nSPS) is 11.0. The lowest BCUT2D eigenvalue weighted by Crippen LogP contribution is -2.00. The molecule has 0 saturated heterocycles. The Morgan fingerprint density at radius 2 is 2.03 bits per heavy atom. The van der Waals surface area contributed by atoms with Crippen molar-refractivity contribution >= 4 is 28.8 Å². The van der Waals surface area contributed by atoms with Gasteiger partial charge in [-0.3, -0.25) is 5.10 Å². The van der Waals surface area contributed by atoms with Crippen molar-refractivity contribution in [2.24, 2.45) is 0 Å². The maximum Gasteiger partial charge on any atom is 0.156 e. The van der Waals surface area contributed by atoms with Crippen LogP contribution in [-0.4, -0.2) is 20.3 Å². The Morgan fingerprint density at radius 1 is 1.23 bits per heavy atom. The molecule has 0 saturated carbocycles. The lowest BCUT2D eigenvalue weighted by molar-refractivity contribution is 0.301. The number of halogens is 1. The number of thiazole rings is 1. The number of hydrogen-bond donors (Lipinski definition) is 3. The SMILES string of the molecule is CCc1cc(-c2[nH]nc(N)c2-c2nc(C)cs2)c(O)cc1OCc1ccccc1Cl. The molecule has 0 radical (unpaired) electrons. The van der Waals surface area contributed by atoms with Crippen molar-refractivity contribution in [3.8, 4) is 33.3 Å². The van der Waals surface area contributed by atoms with Crippen molar-refractivity contribution in [3.05, 3.63) is 63.6 Å². The summed E-state index contributed by atoms with van der Waals surface area (Å²) in [5.74, 6) is 1.02. The maximum atomic E-state index is 10.8. The van der Waals surface area contributed by atoms with Crippen LogP contribution in [0.15, 0.2) is 41.8 Å². The molecule has 8 heteroatoms. The summed E-state index contributed by atoms with van der Waals surface area (Å²) >= 11 is 7.71. The average molecular weight is 441 g/mol. The van der Waals surface area contributed by atoms with Gasteiger partial charge in [0.15, 0.2) is 5.82 Å². The smallest absolute Gasteiger partial charge is 0.156 e. The first-order valence-electron chi connectivity index (χ1n) is 9.46. The fraction of sp³-hybridized carbons (Fsp3) is 0.182. The van der Waals surface area contributed by atoms with Crippen molar-refractivity contribution in [1.82, 2.24) is 15.2 Å². The van der Waals surface area contributed by atoms with Gasteiger partial charge >= 0.3 is 0 Å². The van der Waals surface area contributed by atoms with Gasteiger partial charge in [-0.1, -0.05) is 36.7 Å². The number of H-pyrrole nitrogens is 1. The Morgan fingerprint density at radius 3 is 2.73 bits per heavy atom. The first kappa shape index (κ1) is 20.3. The van der Waals surface area contributed by atoms with Gasteiger partial charge in [0.1, 0.15) is 23.1 Å². The van der Waals surface area contributed by atoms with Crippen molar-refractivity contribution in [2.45, 2.75) is 26.9 Å². The largest absolute Gasteiger partial charge is 0.507 e. The van der Waals surface area contributed by atoms with E-state index in [0.717, 1.165) is 28.2 Å². The molecular formula is C22H21ClN4O2S. The van der Waals surface area contributed by atoms with Crippen molar-refractivity contribution in [2.75, 3.05) is 5.73 Å². The molecule has 0 atom stereocenters.